The lowest BCUT2D eigenvalue weighted by atomic mass is 10.0. The van der Waals surface area contributed by atoms with Crippen LogP contribution in [0.5, 0.6) is 0 Å². The molecule has 0 bridgehead atoms. The number of rotatable bonds is 6. The third-order valence-electron chi connectivity index (χ3n) is 2.80. The molecule has 0 amide bonds. The summed E-state index contributed by atoms with van der Waals surface area (Å²) < 4.78 is 0. The lowest BCUT2D eigenvalue weighted by Gasteiger charge is -2.16. The summed E-state index contributed by atoms with van der Waals surface area (Å²) in [5, 5.41) is 0. The summed E-state index contributed by atoms with van der Waals surface area (Å²) in [4.78, 5) is 4.10. The van der Waals surface area contributed by atoms with Gasteiger partial charge in [-0.2, -0.15) is 0 Å². The highest BCUT2D eigenvalue weighted by atomic mass is 28.3. The van der Waals surface area contributed by atoms with Gasteiger partial charge >= 0.3 is 0 Å². The van der Waals surface area contributed by atoms with Crippen LogP contribution in [0.15, 0.2) is 24.5 Å². The van der Waals surface area contributed by atoms with Crippen molar-refractivity contribution >= 4 is 8.07 Å². The van der Waals surface area contributed by atoms with Gasteiger partial charge in [0.2, 0.25) is 0 Å². The van der Waals surface area contributed by atoms with E-state index in [-0.39, 0.29) is 6.04 Å². The molecule has 1 aromatic heterocycles. The largest absolute Gasteiger partial charge is 0.324 e. The topological polar surface area (TPSA) is 38.9 Å². The van der Waals surface area contributed by atoms with E-state index in [0.29, 0.717) is 0 Å². The summed E-state index contributed by atoms with van der Waals surface area (Å²) >= 11 is 0. The Morgan fingerprint density at radius 1 is 1.31 bits per heavy atom. The maximum absolute atomic E-state index is 6.12. The highest BCUT2D eigenvalue weighted by Crippen LogP contribution is 2.19. The molecule has 1 heterocycles. The Hall–Kier alpha value is -0.673. The Morgan fingerprint density at radius 2 is 2.06 bits per heavy atom. The van der Waals surface area contributed by atoms with Gasteiger partial charge in [0.05, 0.1) is 0 Å². The van der Waals surface area contributed by atoms with Crippen molar-refractivity contribution in [3.05, 3.63) is 30.1 Å². The zero-order valence-corrected chi connectivity index (χ0v) is 11.7. The Morgan fingerprint density at radius 3 is 2.62 bits per heavy atom. The van der Waals surface area contributed by atoms with Crippen molar-refractivity contribution in [1.82, 2.24) is 4.98 Å². The fraction of sp³-hybridized carbons (Fsp3) is 0.615. The van der Waals surface area contributed by atoms with Crippen LogP contribution in [0, 0.1) is 0 Å². The predicted octanol–water partition coefficient (Wildman–Crippen LogP) is 3.59. The molecule has 90 valence electrons. The molecular weight excluding hydrogens is 212 g/mol. The Balaban J connectivity index is 2.24. The van der Waals surface area contributed by atoms with E-state index < -0.39 is 8.07 Å². The summed E-state index contributed by atoms with van der Waals surface area (Å²) in [5.74, 6) is 0. The van der Waals surface area contributed by atoms with Gasteiger partial charge in [0.1, 0.15) is 0 Å². The van der Waals surface area contributed by atoms with Gasteiger partial charge in [0, 0.05) is 26.5 Å². The Kier molecular flexibility index (Phi) is 5.15. The van der Waals surface area contributed by atoms with Crippen molar-refractivity contribution in [3.63, 3.8) is 0 Å². The second-order valence-corrected chi connectivity index (χ2v) is 11.3. The fourth-order valence-corrected chi connectivity index (χ4v) is 3.09. The predicted molar refractivity (Wildman–Crippen MR) is 73.2 cm³/mol. The van der Waals surface area contributed by atoms with E-state index in [2.05, 4.69) is 30.7 Å². The number of nitrogens with zero attached hydrogens (tertiary/aromatic N) is 1. The summed E-state index contributed by atoms with van der Waals surface area (Å²) in [6.45, 7) is 7.27. The van der Waals surface area contributed by atoms with Crippen molar-refractivity contribution in [1.29, 1.82) is 0 Å². The highest BCUT2D eigenvalue weighted by Gasteiger charge is 2.12. The molecule has 1 aromatic rings. The molecule has 0 saturated carbocycles. The average molecular weight is 236 g/mol. The number of hydrogen-bond acceptors (Lipinski definition) is 2. The smallest absolute Gasteiger partial charge is 0.0442 e. The van der Waals surface area contributed by atoms with E-state index >= 15 is 0 Å². The molecule has 0 aliphatic carbocycles. The standard InChI is InChI=1S/C13H24N2Si/c1-16(2,3)10-5-4-8-13(14)12-7-6-9-15-11-12/h6-7,9,11,13H,4-5,8,10,14H2,1-3H3. The molecule has 1 atom stereocenters. The SMILES string of the molecule is C[Si](C)(C)CCCCC(N)c1cccnc1. The molecule has 3 heteroatoms. The highest BCUT2D eigenvalue weighted by molar-refractivity contribution is 6.76. The first kappa shape index (κ1) is 13.4. The van der Waals surface area contributed by atoms with E-state index in [0.717, 1.165) is 12.0 Å². The first-order valence-electron chi connectivity index (χ1n) is 6.14. The van der Waals surface area contributed by atoms with Gasteiger partial charge < -0.3 is 5.73 Å². The van der Waals surface area contributed by atoms with Gasteiger partial charge in [0.25, 0.3) is 0 Å². The van der Waals surface area contributed by atoms with Gasteiger partial charge in [-0.1, -0.05) is 44.6 Å². The maximum atomic E-state index is 6.12. The van der Waals surface area contributed by atoms with E-state index in [1.54, 1.807) is 6.20 Å². The van der Waals surface area contributed by atoms with Crippen molar-refractivity contribution < 1.29 is 0 Å². The molecule has 0 aromatic carbocycles. The molecule has 1 rings (SSSR count). The summed E-state index contributed by atoms with van der Waals surface area (Å²) in [6, 6.07) is 5.59. The third kappa shape index (κ3) is 5.42. The molecule has 0 aliphatic heterocycles. The van der Waals surface area contributed by atoms with Crippen LogP contribution >= 0.6 is 0 Å². The molecule has 0 fully saturated rings. The minimum atomic E-state index is -0.862. The summed E-state index contributed by atoms with van der Waals surface area (Å²) in [5.41, 5.74) is 7.28. The van der Waals surface area contributed by atoms with Crippen LogP contribution in [-0.4, -0.2) is 13.1 Å². The van der Waals surface area contributed by atoms with Gasteiger partial charge in [-0.25, -0.2) is 0 Å². The van der Waals surface area contributed by atoms with Crippen LogP contribution in [0.3, 0.4) is 0 Å². The first-order chi connectivity index (χ1) is 7.49. The van der Waals surface area contributed by atoms with Crippen LogP contribution in [0.4, 0.5) is 0 Å². The van der Waals surface area contributed by atoms with Crippen molar-refractivity contribution in [2.24, 2.45) is 5.73 Å². The van der Waals surface area contributed by atoms with Crippen molar-refractivity contribution in [2.75, 3.05) is 0 Å². The summed E-state index contributed by atoms with van der Waals surface area (Å²) in [6.07, 6.45) is 7.31. The van der Waals surface area contributed by atoms with Gasteiger partial charge in [0.15, 0.2) is 0 Å². The van der Waals surface area contributed by atoms with Gasteiger partial charge in [-0.3, -0.25) is 4.98 Å². The third-order valence-corrected chi connectivity index (χ3v) is 4.66. The Bertz CT molecular complexity index is 293. The van der Waals surface area contributed by atoms with Crippen LogP contribution in [0.2, 0.25) is 25.7 Å². The summed E-state index contributed by atoms with van der Waals surface area (Å²) in [7, 11) is -0.862. The van der Waals surface area contributed by atoms with Crippen LogP contribution < -0.4 is 5.73 Å². The second-order valence-electron chi connectivity index (χ2n) is 5.70. The monoisotopic (exact) mass is 236 g/mol. The molecule has 0 saturated heterocycles. The zero-order valence-electron chi connectivity index (χ0n) is 10.7. The Labute approximate surface area is 100 Å². The zero-order chi connectivity index (χ0) is 12.0. The van der Waals surface area contributed by atoms with E-state index in [9.17, 15) is 0 Å². The lowest BCUT2D eigenvalue weighted by Crippen LogP contribution is -2.19. The molecule has 0 spiro atoms. The molecule has 16 heavy (non-hydrogen) atoms. The van der Waals surface area contributed by atoms with Crippen LogP contribution in [0.1, 0.15) is 30.9 Å². The second kappa shape index (κ2) is 6.16. The van der Waals surface area contributed by atoms with E-state index in [1.165, 1.54) is 18.9 Å². The normalized spacial score (nSPS) is 13.8. The quantitative estimate of drug-likeness (QED) is 0.605. The molecule has 1 unspecified atom stereocenters. The van der Waals surface area contributed by atoms with Gasteiger partial charge in [-0.05, 0) is 18.1 Å². The number of hydrogen-bond donors (Lipinski definition) is 1. The molecule has 0 radical (unpaired) electrons. The minimum Gasteiger partial charge on any atom is -0.324 e. The van der Waals surface area contributed by atoms with Crippen LogP contribution in [-0.2, 0) is 0 Å². The molecule has 0 aliphatic rings. The van der Waals surface area contributed by atoms with E-state index in [4.69, 9.17) is 5.73 Å². The van der Waals surface area contributed by atoms with E-state index in [1.807, 2.05) is 12.3 Å². The number of nitrogens with two attached hydrogens (primary N) is 1. The maximum Gasteiger partial charge on any atom is 0.0442 e. The van der Waals surface area contributed by atoms with Crippen molar-refractivity contribution in [3.8, 4) is 0 Å². The molecule has 2 nitrogen and oxygen atoms in total. The first-order valence-corrected chi connectivity index (χ1v) is 9.85. The number of pyridine rings is 1. The number of unbranched alkanes of at least 4 members (excludes halogenated alkanes) is 1. The average Bonchev–Trinajstić information content (AvgIpc) is 2.24. The fourth-order valence-electron chi connectivity index (χ4n) is 1.78. The number of aromatic nitrogens is 1. The van der Waals surface area contributed by atoms with Crippen molar-refractivity contribution in [2.45, 2.75) is 51.0 Å². The van der Waals surface area contributed by atoms with Gasteiger partial charge in [-0.15, -0.1) is 0 Å². The van der Waals surface area contributed by atoms with Crippen LogP contribution in [0.25, 0.3) is 0 Å². The molecular formula is C13H24N2Si. The molecule has 2 N–H and O–H groups in total. The lowest BCUT2D eigenvalue weighted by molar-refractivity contribution is 0.599. The minimum absolute atomic E-state index is 0.162.